The Kier molecular flexibility index (Phi) is 8.96. The first kappa shape index (κ1) is 16.9. The lowest BCUT2D eigenvalue weighted by Gasteiger charge is -2.07. The third-order valence-corrected chi connectivity index (χ3v) is 3.13. The first-order chi connectivity index (χ1) is 9.76. The van der Waals surface area contributed by atoms with Gasteiger partial charge in [0.25, 0.3) is 0 Å². The van der Waals surface area contributed by atoms with E-state index in [4.69, 9.17) is 4.74 Å². The summed E-state index contributed by atoms with van der Waals surface area (Å²) in [5.41, 5.74) is 0.981. The lowest BCUT2D eigenvalue weighted by atomic mass is 10.1. The van der Waals surface area contributed by atoms with Gasteiger partial charge in [-0.1, -0.05) is 39.0 Å². The minimum absolute atomic E-state index is 0.509. The molecule has 0 aliphatic rings. The van der Waals surface area contributed by atoms with Crippen LogP contribution in [0.4, 0.5) is 5.82 Å². The molecule has 20 heavy (non-hydrogen) atoms. The molecule has 0 amide bonds. The van der Waals surface area contributed by atoms with E-state index in [1.165, 1.54) is 32.1 Å². The van der Waals surface area contributed by atoms with E-state index in [1.807, 2.05) is 13.0 Å². The minimum atomic E-state index is 0.509. The van der Waals surface area contributed by atoms with Crippen LogP contribution in [0, 0.1) is 6.92 Å². The molecule has 0 spiro atoms. The van der Waals surface area contributed by atoms with Gasteiger partial charge in [0.05, 0.1) is 0 Å². The fourth-order valence-electron chi connectivity index (χ4n) is 2.11. The van der Waals surface area contributed by atoms with E-state index in [1.54, 1.807) is 0 Å². The van der Waals surface area contributed by atoms with Crippen LogP contribution in [0.25, 0.3) is 0 Å². The van der Waals surface area contributed by atoms with Crippen molar-refractivity contribution < 1.29 is 4.74 Å². The van der Waals surface area contributed by atoms with Gasteiger partial charge in [-0.3, -0.25) is 0 Å². The van der Waals surface area contributed by atoms with Crippen molar-refractivity contribution in [2.24, 2.45) is 0 Å². The van der Waals surface area contributed by atoms with E-state index in [2.05, 4.69) is 29.1 Å². The minimum Gasteiger partial charge on any atom is -0.373 e. The summed E-state index contributed by atoms with van der Waals surface area (Å²) in [6, 6.07) is 1.96. The third-order valence-electron chi connectivity index (χ3n) is 3.13. The number of hydrogen-bond acceptors (Lipinski definition) is 4. The van der Waals surface area contributed by atoms with Crippen LogP contribution in [0.2, 0.25) is 0 Å². The van der Waals surface area contributed by atoms with Crippen LogP contribution < -0.4 is 5.32 Å². The summed E-state index contributed by atoms with van der Waals surface area (Å²) < 4.78 is 5.66. The molecule has 0 aromatic carbocycles. The van der Waals surface area contributed by atoms with Gasteiger partial charge in [0.15, 0.2) is 5.82 Å². The molecular formula is C16H29N3O. The van der Waals surface area contributed by atoms with Crippen LogP contribution in [0.5, 0.6) is 0 Å². The molecule has 0 aliphatic carbocycles. The molecule has 1 N–H and O–H groups in total. The second-order valence-electron chi connectivity index (χ2n) is 5.16. The highest BCUT2D eigenvalue weighted by Crippen LogP contribution is 2.08. The van der Waals surface area contributed by atoms with Crippen molar-refractivity contribution in [1.82, 2.24) is 9.97 Å². The highest BCUT2D eigenvalue weighted by atomic mass is 16.5. The Hall–Kier alpha value is -1.16. The summed E-state index contributed by atoms with van der Waals surface area (Å²) in [5.74, 6) is 1.66. The maximum atomic E-state index is 5.66. The maximum absolute atomic E-state index is 5.66. The van der Waals surface area contributed by atoms with Crippen molar-refractivity contribution in [3.8, 4) is 0 Å². The van der Waals surface area contributed by atoms with E-state index in [0.717, 1.165) is 36.9 Å². The molecule has 0 aliphatic heterocycles. The van der Waals surface area contributed by atoms with E-state index in [-0.39, 0.29) is 0 Å². The zero-order valence-corrected chi connectivity index (χ0v) is 13.2. The number of aryl methyl sites for hydroxylation is 1. The average molecular weight is 279 g/mol. The number of nitrogens with one attached hydrogen (secondary N) is 1. The predicted octanol–water partition coefficient (Wildman–Crippen LogP) is 4.09. The molecule has 4 heteroatoms. The molecule has 114 valence electrons. The van der Waals surface area contributed by atoms with Crippen LogP contribution >= 0.6 is 0 Å². The quantitative estimate of drug-likeness (QED) is 0.620. The Morgan fingerprint density at radius 2 is 1.80 bits per heavy atom. The number of ether oxygens (including phenoxy) is 1. The van der Waals surface area contributed by atoms with Gasteiger partial charge in [-0.25, -0.2) is 9.97 Å². The van der Waals surface area contributed by atoms with Gasteiger partial charge in [0.2, 0.25) is 0 Å². The smallest absolute Gasteiger partial charge is 0.156 e. The second-order valence-corrected chi connectivity index (χ2v) is 5.16. The Morgan fingerprint density at radius 1 is 1.05 bits per heavy atom. The summed E-state index contributed by atoms with van der Waals surface area (Å²) >= 11 is 0. The summed E-state index contributed by atoms with van der Waals surface area (Å²) in [6.45, 7) is 8.47. The number of anilines is 1. The van der Waals surface area contributed by atoms with E-state index >= 15 is 0 Å². The van der Waals surface area contributed by atoms with Crippen LogP contribution in [-0.4, -0.2) is 23.1 Å². The van der Waals surface area contributed by atoms with Crippen molar-refractivity contribution in [3.05, 3.63) is 17.6 Å². The SMILES string of the molecule is CCCCCCCCOCc1nc(C)cc(NCC)n1. The number of aromatic nitrogens is 2. The molecule has 0 saturated heterocycles. The number of unbranched alkanes of at least 4 members (excludes halogenated alkanes) is 5. The molecular weight excluding hydrogens is 250 g/mol. The van der Waals surface area contributed by atoms with Crippen LogP contribution in [0.15, 0.2) is 6.07 Å². The van der Waals surface area contributed by atoms with Gasteiger partial charge >= 0.3 is 0 Å². The van der Waals surface area contributed by atoms with Crippen molar-refractivity contribution in [2.75, 3.05) is 18.5 Å². The molecule has 0 radical (unpaired) electrons. The van der Waals surface area contributed by atoms with Crippen LogP contribution in [-0.2, 0) is 11.3 Å². The van der Waals surface area contributed by atoms with Gasteiger partial charge in [0.1, 0.15) is 12.4 Å². The van der Waals surface area contributed by atoms with Gasteiger partial charge in [-0.05, 0) is 20.3 Å². The van der Waals surface area contributed by atoms with Gasteiger partial charge in [0, 0.05) is 24.9 Å². The lowest BCUT2D eigenvalue weighted by molar-refractivity contribution is 0.111. The van der Waals surface area contributed by atoms with Crippen LogP contribution in [0.3, 0.4) is 0 Å². The standard InChI is InChI=1S/C16H29N3O/c1-4-6-7-8-9-10-11-20-13-16-18-14(3)12-15(19-16)17-5-2/h12H,4-11,13H2,1-3H3,(H,17,18,19). The van der Waals surface area contributed by atoms with Crippen molar-refractivity contribution >= 4 is 5.82 Å². The first-order valence-corrected chi connectivity index (χ1v) is 7.92. The summed E-state index contributed by atoms with van der Waals surface area (Å²) in [7, 11) is 0. The normalized spacial score (nSPS) is 10.8. The molecule has 0 atom stereocenters. The molecule has 4 nitrogen and oxygen atoms in total. The monoisotopic (exact) mass is 279 g/mol. The van der Waals surface area contributed by atoms with Gasteiger partial charge in [-0.2, -0.15) is 0 Å². The molecule has 0 saturated carbocycles. The summed E-state index contributed by atoms with van der Waals surface area (Å²) in [4.78, 5) is 8.83. The Labute approximate surface area is 123 Å². The number of hydrogen-bond donors (Lipinski definition) is 1. The Balaban J connectivity index is 2.18. The van der Waals surface area contributed by atoms with E-state index in [0.29, 0.717) is 6.61 Å². The fourth-order valence-corrected chi connectivity index (χ4v) is 2.11. The van der Waals surface area contributed by atoms with Crippen molar-refractivity contribution in [1.29, 1.82) is 0 Å². The third kappa shape index (κ3) is 7.43. The largest absolute Gasteiger partial charge is 0.373 e. The highest BCUT2D eigenvalue weighted by molar-refractivity contribution is 5.35. The average Bonchev–Trinajstić information content (AvgIpc) is 2.41. The lowest BCUT2D eigenvalue weighted by Crippen LogP contribution is -2.06. The zero-order chi connectivity index (χ0) is 14.6. The maximum Gasteiger partial charge on any atom is 0.156 e. The number of rotatable bonds is 11. The van der Waals surface area contributed by atoms with Gasteiger partial charge in [-0.15, -0.1) is 0 Å². The fraction of sp³-hybridized carbons (Fsp3) is 0.750. The summed E-state index contributed by atoms with van der Waals surface area (Å²) in [6.07, 6.45) is 7.72. The Morgan fingerprint density at radius 3 is 2.55 bits per heavy atom. The number of nitrogens with zero attached hydrogens (tertiary/aromatic N) is 2. The molecule has 1 aromatic heterocycles. The van der Waals surface area contributed by atoms with E-state index in [9.17, 15) is 0 Å². The molecule has 1 aromatic rings. The molecule has 1 rings (SSSR count). The Bertz CT molecular complexity index is 369. The molecule has 1 heterocycles. The summed E-state index contributed by atoms with van der Waals surface area (Å²) in [5, 5.41) is 3.21. The van der Waals surface area contributed by atoms with Crippen molar-refractivity contribution in [3.63, 3.8) is 0 Å². The highest BCUT2D eigenvalue weighted by Gasteiger charge is 2.02. The molecule has 0 bridgehead atoms. The predicted molar refractivity (Wildman–Crippen MR) is 84.0 cm³/mol. The first-order valence-electron chi connectivity index (χ1n) is 7.92. The van der Waals surface area contributed by atoms with Crippen LogP contribution in [0.1, 0.15) is 63.9 Å². The topological polar surface area (TPSA) is 47.0 Å². The zero-order valence-electron chi connectivity index (χ0n) is 13.2. The van der Waals surface area contributed by atoms with Crippen molar-refractivity contribution in [2.45, 2.75) is 65.9 Å². The molecule has 0 unspecified atom stereocenters. The van der Waals surface area contributed by atoms with Gasteiger partial charge < -0.3 is 10.1 Å². The van der Waals surface area contributed by atoms with E-state index < -0.39 is 0 Å². The second kappa shape index (κ2) is 10.6. The molecule has 0 fully saturated rings.